The van der Waals surface area contributed by atoms with Gasteiger partial charge in [0.2, 0.25) is 0 Å². The van der Waals surface area contributed by atoms with E-state index in [0.717, 1.165) is 0 Å². The van der Waals surface area contributed by atoms with Crippen LogP contribution in [0.5, 0.6) is 5.75 Å². The third-order valence-electron chi connectivity index (χ3n) is 2.51. The van der Waals surface area contributed by atoms with Crippen LogP contribution in [-0.2, 0) is 9.53 Å². The summed E-state index contributed by atoms with van der Waals surface area (Å²) in [6.07, 6.45) is 2.10. The molecule has 0 fully saturated rings. The Kier molecular flexibility index (Phi) is 7.17. The highest BCUT2D eigenvalue weighted by Crippen LogP contribution is 2.15. The number of carbonyl (C=O) groups is 2. The largest absolute Gasteiger partial charge is 0.491 e. The number of nitrogens with zero attached hydrogens (tertiary/aromatic N) is 1. The van der Waals surface area contributed by atoms with Gasteiger partial charge in [-0.3, -0.25) is 4.79 Å². The molecular formula is C14H20N2O5. The quantitative estimate of drug-likeness (QED) is 0.679. The van der Waals surface area contributed by atoms with Crippen LogP contribution in [0.2, 0.25) is 0 Å². The predicted octanol–water partition coefficient (Wildman–Crippen LogP) is 0.524. The minimum absolute atomic E-state index is 0.0566. The molecule has 0 unspecified atom stereocenters. The number of nitrogens with one attached hydrogen (secondary N) is 1. The van der Waals surface area contributed by atoms with E-state index in [1.165, 1.54) is 6.20 Å². The third-order valence-corrected chi connectivity index (χ3v) is 2.51. The molecule has 1 heterocycles. The van der Waals surface area contributed by atoms with Crippen molar-refractivity contribution in [2.45, 2.75) is 26.3 Å². The van der Waals surface area contributed by atoms with Crippen LogP contribution in [0.15, 0.2) is 18.3 Å². The van der Waals surface area contributed by atoms with Crippen LogP contribution in [0.1, 0.15) is 30.8 Å². The summed E-state index contributed by atoms with van der Waals surface area (Å²) in [5, 5.41) is 11.6. The van der Waals surface area contributed by atoms with Gasteiger partial charge in [0.1, 0.15) is 0 Å². The number of hydrogen-bond donors (Lipinski definition) is 2. The summed E-state index contributed by atoms with van der Waals surface area (Å²) in [6.45, 7) is 3.70. The number of pyridine rings is 1. The zero-order valence-electron chi connectivity index (χ0n) is 12.2. The Labute approximate surface area is 123 Å². The second-order valence-electron chi connectivity index (χ2n) is 4.16. The topological polar surface area (TPSA) is 97.8 Å². The number of rotatable bonds is 8. The Bertz CT molecular complexity index is 478. The van der Waals surface area contributed by atoms with Crippen molar-refractivity contribution in [3.8, 4) is 5.75 Å². The van der Waals surface area contributed by atoms with Crippen LogP contribution in [0.3, 0.4) is 0 Å². The highest BCUT2D eigenvalue weighted by molar-refractivity contribution is 5.97. The molecule has 1 aromatic heterocycles. The van der Waals surface area contributed by atoms with E-state index in [1.54, 1.807) is 19.1 Å². The average molecular weight is 296 g/mol. The molecule has 0 aliphatic carbocycles. The lowest BCUT2D eigenvalue weighted by Crippen LogP contribution is -2.44. The van der Waals surface area contributed by atoms with Crippen LogP contribution in [0, 0.1) is 0 Å². The lowest BCUT2D eigenvalue weighted by molar-refractivity contribution is -0.146. The van der Waals surface area contributed by atoms with Crippen LogP contribution >= 0.6 is 0 Å². The fraction of sp³-hybridized carbons (Fsp3) is 0.500. The van der Waals surface area contributed by atoms with Gasteiger partial charge in [-0.05, 0) is 25.5 Å². The predicted molar refractivity (Wildman–Crippen MR) is 75.0 cm³/mol. The third kappa shape index (κ3) is 5.03. The molecule has 1 aromatic rings. The minimum Gasteiger partial charge on any atom is -0.491 e. The van der Waals surface area contributed by atoms with Crippen molar-refractivity contribution in [2.75, 3.05) is 19.8 Å². The van der Waals surface area contributed by atoms with E-state index in [-0.39, 0.29) is 12.3 Å². The van der Waals surface area contributed by atoms with Gasteiger partial charge in [0.05, 0.1) is 19.8 Å². The molecule has 1 rings (SSSR count). The second kappa shape index (κ2) is 8.91. The highest BCUT2D eigenvalue weighted by atomic mass is 16.5. The fourth-order valence-corrected chi connectivity index (χ4v) is 1.54. The van der Waals surface area contributed by atoms with Gasteiger partial charge in [0.15, 0.2) is 17.5 Å². The van der Waals surface area contributed by atoms with Gasteiger partial charge in [-0.25, -0.2) is 9.78 Å². The number of ether oxygens (including phenoxy) is 2. The normalized spacial score (nSPS) is 11.6. The number of aromatic nitrogens is 1. The molecule has 2 N–H and O–H groups in total. The molecule has 0 radical (unpaired) electrons. The van der Waals surface area contributed by atoms with Gasteiger partial charge < -0.3 is 19.9 Å². The summed E-state index contributed by atoms with van der Waals surface area (Å²) < 4.78 is 10.2. The van der Waals surface area contributed by atoms with Gasteiger partial charge in [-0.1, -0.05) is 6.92 Å². The van der Waals surface area contributed by atoms with Crippen molar-refractivity contribution >= 4 is 11.9 Å². The number of carbonyl (C=O) groups excluding carboxylic acids is 2. The molecule has 7 heteroatoms. The minimum atomic E-state index is -1.12. The second-order valence-corrected chi connectivity index (χ2v) is 4.16. The number of amides is 1. The Morgan fingerprint density at radius 1 is 1.43 bits per heavy atom. The van der Waals surface area contributed by atoms with Gasteiger partial charge in [0.25, 0.3) is 5.91 Å². The van der Waals surface area contributed by atoms with Crippen LogP contribution in [0.4, 0.5) is 0 Å². The Balaban J connectivity index is 2.76. The summed E-state index contributed by atoms with van der Waals surface area (Å²) in [5.41, 5.74) is 0.0566. The molecule has 0 aliphatic rings. The first-order valence-electron chi connectivity index (χ1n) is 6.80. The number of hydrogen-bond acceptors (Lipinski definition) is 6. The van der Waals surface area contributed by atoms with E-state index in [2.05, 4.69) is 10.3 Å². The standard InChI is InChI=1S/C14H20N2O5/c1-3-8-21-14(19)10(9-17)16-13(18)12-11(20-4-2)6-5-7-15-12/h5-7,10,17H,3-4,8-9H2,1-2H3,(H,16,18)/t10-/m0/s1. The zero-order chi connectivity index (χ0) is 15.7. The highest BCUT2D eigenvalue weighted by Gasteiger charge is 2.24. The average Bonchev–Trinajstić information content (AvgIpc) is 2.50. The Morgan fingerprint density at radius 3 is 2.81 bits per heavy atom. The molecule has 7 nitrogen and oxygen atoms in total. The Morgan fingerprint density at radius 2 is 2.19 bits per heavy atom. The van der Waals surface area contributed by atoms with Crippen LogP contribution < -0.4 is 10.1 Å². The van der Waals surface area contributed by atoms with E-state index in [1.807, 2.05) is 6.92 Å². The summed E-state index contributed by atoms with van der Waals surface area (Å²) in [4.78, 5) is 27.7. The molecule has 0 saturated carbocycles. The maximum atomic E-state index is 12.1. The first-order chi connectivity index (χ1) is 10.1. The van der Waals surface area contributed by atoms with Crippen molar-refractivity contribution in [2.24, 2.45) is 0 Å². The SMILES string of the molecule is CCCOC(=O)[C@H](CO)NC(=O)c1ncccc1OCC. The van der Waals surface area contributed by atoms with Crippen molar-refractivity contribution < 1.29 is 24.2 Å². The molecule has 1 amide bonds. The van der Waals surface area contributed by atoms with Crippen molar-refractivity contribution in [1.82, 2.24) is 10.3 Å². The van der Waals surface area contributed by atoms with E-state index in [0.29, 0.717) is 18.8 Å². The molecule has 0 saturated heterocycles. The van der Waals surface area contributed by atoms with Crippen molar-refractivity contribution in [1.29, 1.82) is 0 Å². The first-order valence-corrected chi connectivity index (χ1v) is 6.80. The summed E-state index contributed by atoms with van der Waals surface area (Å²) in [7, 11) is 0. The fourth-order valence-electron chi connectivity index (χ4n) is 1.54. The molecule has 21 heavy (non-hydrogen) atoms. The zero-order valence-corrected chi connectivity index (χ0v) is 12.2. The maximum absolute atomic E-state index is 12.1. The molecular weight excluding hydrogens is 276 g/mol. The molecule has 0 aliphatic heterocycles. The number of esters is 1. The smallest absolute Gasteiger partial charge is 0.331 e. The van der Waals surface area contributed by atoms with Gasteiger partial charge in [-0.15, -0.1) is 0 Å². The van der Waals surface area contributed by atoms with Crippen LogP contribution in [-0.4, -0.2) is 47.8 Å². The van der Waals surface area contributed by atoms with Crippen molar-refractivity contribution in [3.05, 3.63) is 24.0 Å². The first kappa shape index (κ1) is 16.9. The van der Waals surface area contributed by atoms with Gasteiger partial charge in [-0.2, -0.15) is 0 Å². The summed E-state index contributed by atoms with van der Waals surface area (Å²) in [5.74, 6) is -0.968. The van der Waals surface area contributed by atoms with Gasteiger partial charge >= 0.3 is 5.97 Å². The summed E-state index contributed by atoms with van der Waals surface area (Å²) in [6, 6.07) is 2.12. The molecule has 1 atom stereocenters. The molecule has 0 spiro atoms. The lowest BCUT2D eigenvalue weighted by atomic mass is 10.2. The molecule has 0 bridgehead atoms. The van der Waals surface area contributed by atoms with Crippen LogP contribution in [0.25, 0.3) is 0 Å². The van der Waals surface area contributed by atoms with E-state index in [9.17, 15) is 14.7 Å². The number of aliphatic hydroxyl groups excluding tert-OH is 1. The van der Waals surface area contributed by atoms with E-state index < -0.39 is 24.5 Å². The van der Waals surface area contributed by atoms with E-state index >= 15 is 0 Å². The van der Waals surface area contributed by atoms with Crippen molar-refractivity contribution in [3.63, 3.8) is 0 Å². The Hall–Kier alpha value is -2.15. The van der Waals surface area contributed by atoms with Gasteiger partial charge in [0, 0.05) is 6.20 Å². The van der Waals surface area contributed by atoms with E-state index in [4.69, 9.17) is 9.47 Å². The molecule has 116 valence electrons. The maximum Gasteiger partial charge on any atom is 0.331 e. The lowest BCUT2D eigenvalue weighted by Gasteiger charge is -2.16. The molecule has 0 aromatic carbocycles. The number of aliphatic hydroxyl groups is 1. The summed E-state index contributed by atoms with van der Waals surface area (Å²) >= 11 is 0. The monoisotopic (exact) mass is 296 g/mol.